The average Bonchev–Trinajstić information content (AvgIpc) is 2.86. The molecule has 1 saturated heterocycles. The third-order valence-corrected chi connectivity index (χ3v) is 6.17. The van der Waals surface area contributed by atoms with E-state index in [1.807, 2.05) is 23.1 Å². The molecule has 1 aliphatic heterocycles. The minimum Gasteiger partial charge on any atom is -0.493 e. The van der Waals surface area contributed by atoms with Crippen molar-refractivity contribution in [3.8, 4) is 17.2 Å². The van der Waals surface area contributed by atoms with E-state index in [-0.39, 0.29) is 11.9 Å². The van der Waals surface area contributed by atoms with Crippen molar-refractivity contribution in [2.24, 2.45) is 0 Å². The molecule has 0 spiro atoms. The van der Waals surface area contributed by atoms with Crippen molar-refractivity contribution in [2.45, 2.75) is 32.7 Å². The number of rotatable bonds is 9. The van der Waals surface area contributed by atoms with Gasteiger partial charge in [-0.3, -0.25) is 4.79 Å². The van der Waals surface area contributed by atoms with E-state index in [2.05, 4.69) is 37.0 Å². The Labute approximate surface area is 197 Å². The highest BCUT2D eigenvalue weighted by Gasteiger charge is 2.30. The molecule has 0 bridgehead atoms. The predicted molar refractivity (Wildman–Crippen MR) is 132 cm³/mol. The highest BCUT2D eigenvalue weighted by Crippen LogP contribution is 2.38. The zero-order valence-corrected chi connectivity index (χ0v) is 20.5. The molecule has 1 atom stereocenters. The van der Waals surface area contributed by atoms with E-state index >= 15 is 0 Å². The smallest absolute Gasteiger partial charge is 0.254 e. The van der Waals surface area contributed by atoms with Gasteiger partial charge in [-0.1, -0.05) is 48.9 Å². The summed E-state index contributed by atoms with van der Waals surface area (Å²) in [7, 11) is 4.69. The van der Waals surface area contributed by atoms with Crippen molar-refractivity contribution in [3.63, 3.8) is 0 Å². The first-order valence-corrected chi connectivity index (χ1v) is 11.6. The van der Waals surface area contributed by atoms with Crippen LogP contribution >= 0.6 is 0 Å². The van der Waals surface area contributed by atoms with Crippen LogP contribution < -0.4 is 14.2 Å². The molecule has 178 valence electrons. The number of likely N-dealkylation sites (tertiary alicyclic amines) is 1. The summed E-state index contributed by atoms with van der Waals surface area (Å²) in [6.45, 7) is 7.77. The van der Waals surface area contributed by atoms with Crippen LogP contribution in [-0.2, 0) is 0 Å². The third kappa shape index (κ3) is 6.08. The van der Waals surface area contributed by atoms with Gasteiger partial charge >= 0.3 is 0 Å². The van der Waals surface area contributed by atoms with Crippen LogP contribution in [0.3, 0.4) is 0 Å². The second kappa shape index (κ2) is 11.8. The van der Waals surface area contributed by atoms with Crippen LogP contribution in [0.25, 0.3) is 6.08 Å². The van der Waals surface area contributed by atoms with Gasteiger partial charge in [0.25, 0.3) is 5.91 Å². The van der Waals surface area contributed by atoms with E-state index in [0.717, 1.165) is 43.6 Å². The Kier molecular flexibility index (Phi) is 8.78. The Balaban J connectivity index is 1.96. The number of hydrogen-bond donors (Lipinski definition) is 0. The van der Waals surface area contributed by atoms with Gasteiger partial charge in [-0.2, -0.15) is 0 Å². The van der Waals surface area contributed by atoms with Crippen molar-refractivity contribution in [1.82, 2.24) is 9.80 Å². The molecule has 3 rings (SSSR count). The molecule has 0 aliphatic carbocycles. The Bertz CT molecular complexity index is 933. The fourth-order valence-corrected chi connectivity index (χ4v) is 4.46. The van der Waals surface area contributed by atoms with Crippen LogP contribution in [0, 0.1) is 0 Å². The lowest BCUT2D eigenvalue weighted by molar-refractivity contribution is 0.0577. The second-order valence-electron chi connectivity index (χ2n) is 8.44. The molecule has 1 aliphatic rings. The summed E-state index contributed by atoms with van der Waals surface area (Å²) >= 11 is 0. The fraction of sp³-hybridized carbons (Fsp3) is 0.444. The number of piperidine rings is 1. The summed E-state index contributed by atoms with van der Waals surface area (Å²) < 4.78 is 16.4. The molecular formula is C27H36N2O4. The number of likely N-dealkylation sites (N-methyl/N-ethyl adjacent to an activating group) is 1. The van der Waals surface area contributed by atoms with Gasteiger partial charge in [-0.15, -0.1) is 0 Å². The van der Waals surface area contributed by atoms with Crippen LogP contribution in [-0.4, -0.2) is 69.3 Å². The fourth-order valence-electron chi connectivity index (χ4n) is 4.46. The third-order valence-electron chi connectivity index (χ3n) is 6.17. The highest BCUT2D eigenvalue weighted by atomic mass is 16.5. The lowest BCUT2D eigenvalue weighted by atomic mass is 10.0. The predicted octanol–water partition coefficient (Wildman–Crippen LogP) is 4.74. The number of carbonyl (C=O) groups is 1. The number of methoxy groups -OCH3 is 3. The van der Waals surface area contributed by atoms with Gasteiger partial charge in [0.05, 0.1) is 21.3 Å². The Morgan fingerprint density at radius 2 is 1.76 bits per heavy atom. The van der Waals surface area contributed by atoms with Crippen molar-refractivity contribution < 1.29 is 19.0 Å². The van der Waals surface area contributed by atoms with Crippen molar-refractivity contribution in [2.75, 3.05) is 47.5 Å². The molecule has 0 aromatic heterocycles. The summed E-state index contributed by atoms with van der Waals surface area (Å²) in [5.74, 6) is 1.42. The molecule has 1 unspecified atom stereocenters. The molecule has 2 aromatic rings. The maximum Gasteiger partial charge on any atom is 0.254 e. The molecule has 0 radical (unpaired) electrons. The molecule has 6 heteroatoms. The SMILES string of the molecule is CCN1CCCC(N(CC(C)=Cc2ccccc2)C(=O)c2cc(OC)c(OC)c(OC)c2)C1. The number of nitrogens with zero attached hydrogens (tertiary/aromatic N) is 2. The highest BCUT2D eigenvalue weighted by molar-refractivity contribution is 5.96. The monoisotopic (exact) mass is 452 g/mol. The van der Waals surface area contributed by atoms with Crippen LogP contribution in [0.4, 0.5) is 0 Å². The summed E-state index contributed by atoms with van der Waals surface area (Å²) in [6.07, 6.45) is 4.22. The first-order chi connectivity index (χ1) is 16.0. The van der Waals surface area contributed by atoms with Gasteiger partial charge < -0.3 is 24.0 Å². The molecule has 1 fully saturated rings. The van der Waals surface area contributed by atoms with Crippen LogP contribution in [0.1, 0.15) is 42.6 Å². The largest absolute Gasteiger partial charge is 0.493 e. The molecule has 6 nitrogen and oxygen atoms in total. The molecule has 2 aromatic carbocycles. The number of hydrogen-bond acceptors (Lipinski definition) is 5. The van der Waals surface area contributed by atoms with Crippen LogP contribution in [0.2, 0.25) is 0 Å². The Morgan fingerprint density at radius 1 is 1.09 bits per heavy atom. The molecule has 1 heterocycles. The minimum absolute atomic E-state index is 0.0296. The number of ether oxygens (including phenoxy) is 3. The van der Waals surface area contributed by atoms with Crippen molar-refractivity contribution >= 4 is 12.0 Å². The first kappa shape index (κ1) is 24.6. The molecule has 33 heavy (non-hydrogen) atoms. The molecule has 1 amide bonds. The zero-order valence-electron chi connectivity index (χ0n) is 20.5. The maximum atomic E-state index is 13.9. The van der Waals surface area contributed by atoms with Gasteiger partial charge in [0.15, 0.2) is 11.5 Å². The normalized spacial score (nSPS) is 16.9. The summed E-state index contributed by atoms with van der Waals surface area (Å²) in [5.41, 5.74) is 2.80. The van der Waals surface area contributed by atoms with E-state index in [1.54, 1.807) is 33.5 Å². The van der Waals surface area contributed by atoms with Gasteiger partial charge in [0.2, 0.25) is 5.75 Å². The van der Waals surface area contributed by atoms with E-state index in [9.17, 15) is 4.79 Å². The van der Waals surface area contributed by atoms with E-state index < -0.39 is 0 Å². The second-order valence-corrected chi connectivity index (χ2v) is 8.44. The zero-order chi connectivity index (χ0) is 23.8. The number of carbonyl (C=O) groups excluding carboxylic acids is 1. The maximum absolute atomic E-state index is 13.9. The van der Waals surface area contributed by atoms with E-state index in [4.69, 9.17) is 14.2 Å². The average molecular weight is 453 g/mol. The van der Waals surface area contributed by atoms with Gasteiger partial charge in [-0.25, -0.2) is 0 Å². The lowest BCUT2D eigenvalue weighted by Gasteiger charge is -2.39. The Morgan fingerprint density at radius 3 is 2.33 bits per heavy atom. The molecular weight excluding hydrogens is 416 g/mol. The topological polar surface area (TPSA) is 51.2 Å². The summed E-state index contributed by atoms with van der Waals surface area (Å²) in [6, 6.07) is 13.8. The lowest BCUT2D eigenvalue weighted by Crippen LogP contribution is -2.50. The van der Waals surface area contributed by atoms with Crippen molar-refractivity contribution in [1.29, 1.82) is 0 Å². The van der Waals surface area contributed by atoms with Gasteiger partial charge in [-0.05, 0) is 50.6 Å². The standard InChI is InChI=1S/C27H36N2O4/c1-6-28-14-10-13-23(19-28)29(18-20(2)15-21-11-8-7-9-12-21)27(30)22-16-24(31-3)26(33-5)25(17-22)32-4/h7-9,11-12,15-17,23H,6,10,13-14,18-19H2,1-5H3. The van der Waals surface area contributed by atoms with Gasteiger partial charge in [0.1, 0.15) is 0 Å². The molecule has 0 N–H and O–H groups in total. The van der Waals surface area contributed by atoms with Crippen LogP contribution in [0.5, 0.6) is 17.2 Å². The Hall–Kier alpha value is -2.99. The minimum atomic E-state index is -0.0296. The van der Waals surface area contributed by atoms with Crippen molar-refractivity contribution in [3.05, 3.63) is 59.2 Å². The summed E-state index contributed by atoms with van der Waals surface area (Å²) in [4.78, 5) is 18.3. The quantitative estimate of drug-likeness (QED) is 0.550. The number of benzene rings is 2. The van der Waals surface area contributed by atoms with E-state index in [0.29, 0.717) is 29.4 Å². The van der Waals surface area contributed by atoms with Crippen LogP contribution in [0.15, 0.2) is 48.0 Å². The van der Waals surface area contributed by atoms with Gasteiger partial charge in [0, 0.05) is 24.7 Å². The summed E-state index contributed by atoms with van der Waals surface area (Å²) in [5, 5.41) is 0. The first-order valence-electron chi connectivity index (χ1n) is 11.6. The van der Waals surface area contributed by atoms with E-state index in [1.165, 1.54) is 0 Å². The number of amides is 1. The molecule has 0 saturated carbocycles.